The minimum atomic E-state index is -0.347. The summed E-state index contributed by atoms with van der Waals surface area (Å²) in [5, 5.41) is 8.78. The number of nitrogens with zero attached hydrogens (tertiary/aromatic N) is 1. The molecule has 0 saturated heterocycles. The molecule has 4 nitrogen and oxygen atoms in total. The van der Waals surface area contributed by atoms with E-state index in [4.69, 9.17) is 10.00 Å². The van der Waals surface area contributed by atoms with Gasteiger partial charge < -0.3 is 9.72 Å². The van der Waals surface area contributed by atoms with E-state index in [9.17, 15) is 4.79 Å². The van der Waals surface area contributed by atoms with Crippen molar-refractivity contribution < 1.29 is 9.53 Å². The van der Waals surface area contributed by atoms with Crippen LogP contribution in [0, 0.1) is 18.3 Å². The molecule has 0 aromatic carbocycles. The van der Waals surface area contributed by atoms with E-state index in [0.717, 1.165) is 12.8 Å². The van der Waals surface area contributed by atoms with Gasteiger partial charge in [0, 0.05) is 6.20 Å². The van der Waals surface area contributed by atoms with Crippen LogP contribution in [-0.4, -0.2) is 17.6 Å². The molecule has 0 aliphatic heterocycles. The average Bonchev–Trinajstić information content (AvgIpc) is 2.74. The number of carbonyl (C=O) groups is 1. The molecule has 0 amide bonds. The third-order valence-corrected chi connectivity index (χ3v) is 2.95. The third-order valence-electron chi connectivity index (χ3n) is 2.95. The molecule has 0 bridgehead atoms. The molecule has 18 heavy (non-hydrogen) atoms. The summed E-state index contributed by atoms with van der Waals surface area (Å²) in [4.78, 5) is 14.5. The summed E-state index contributed by atoms with van der Waals surface area (Å²) in [7, 11) is 0. The van der Waals surface area contributed by atoms with Crippen LogP contribution in [0.15, 0.2) is 6.20 Å². The largest absolute Gasteiger partial charge is 0.462 e. The number of esters is 1. The second-order valence-corrected chi connectivity index (χ2v) is 4.36. The van der Waals surface area contributed by atoms with Crippen LogP contribution in [0.25, 0.3) is 0 Å². The summed E-state index contributed by atoms with van der Waals surface area (Å²) in [5.41, 5.74) is 1.54. The van der Waals surface area contributed by atoms with Crippen LogP contribution in [0.2, 0.25) is 0 Å². The Balaban J connectivity index is 2.33. The number of nitriles is 1. The average molecular weight is 248 g/mol. The summed E-state index contributed by atoms with van der Waals surface area (Å²) in [6, 6.07) is 2.00. The third kappa shape index (κ3) is 3.92. The number of hydrogen-bond donors (Lipinski definition) is 1. The fourth-order valence-corrected chi connectivity index (χ4v) is 1.77. The van der Waals surface area contributed by atoms with Crippen LogP contribution in [0.4, 0.5) is 0 Å². The SMILES string of the molecule is CCCCCCCOC(=O)c1c[nH]c(C#N)c1C. The van der Waals surface area contributed by atoms with Crippen molar-refractivity contribution in [3.05, 3.63) is 23.0 Å². The Hall–Kier alpha value is -1.76. The predicted molar refractivity (Wildman–Crippen MR) is 69.3 cm³/mol. The fourth-order valence-electron chi connectivity index (χ4n) is 1.77. The molecule has 1 rings (SSSR count). The Labute approximate surface area is 108 Å². The first kappa shape index (κ1) is 14.3. The molecule has 0 unspecified atom stereocenters. The summed E-state index contributed by atoms with van der Waals surface area (Å²) in [6.07, 6.45) is 7.16. The van der Waals surface area contributed by atoms with E-state index in [2.05, 4.69) is 11.9 Å². The lowest BCUT2D eigenvalue weighted by molar-refractivity contribution is 0.0497. The normalized spacial score (nSPS) is 10.1. The fraction of sp³-hybridized carbons (Fsp3) is 0.571. The molecule has 0 aliphatic carbocycles. The van der Waals surface area contributed by atoms with Gasteiger partial charge in [0.2, 0.25) is 0 Å². The molecule has 0 aliphatic rings. The van der Waals surface area contributed by atoms with Crippen molar-refractivity contribution >= 4 is 5.97 Å². The molecule has 1 aromatic rings. The molecule has 0 radical (unpaired) electrons. The lowest BCUT2D eigenvalue weighted by Crippen LogP contribution is -2.06. The molecule has 1 N–H and O–H groups in total. The van der Waals surface area contributed by atoms with Gasteiger partial charge in [-0.25, -0.2) is 4.79 Å². The van der Waals surface area contributed by atoms with Gasteiger partial charge in [-0.15, -0.1) is 0 Å². The number of aromatic amines is 1. The van der Waals surface area contributed by atoms with Crippen LogP contribution in [0.5, 0.6) is 0 Å². The number of aromatic nitrogens is 1. The van der Waals surface area contributed by atoms with Crippen molar-refractivity contribution in [1.82, 2.24) is 4.98 Å². The Morgan fingerprint density at radius 1 is 1.39 bits per heavy atom. The van der Waals surface area contributed by atoms with Crippen LogP contribution in [0.1, 0.15) is 60.6 Å². The molecule has 1 aromatic heterocycles. The van der Waals surface area contributed by atoms with Gasteiger partial charge in [-0.1, -0.05) is 32.6 Å². The molecule has 0 spiro atoms. The lowest BCUT2D eigenvalue weighted by atomic mass is 10.1. The van der Waals surface area contributed by atoms with Crippen molar-refractivity contribution in [2.24, 2.45) is 0 Å². The molecular weight excluding hydrogens is 228 g/mol. The number of ether oxygens (including phenoxy) is 1. The van der Waals surface area contributed by atoms with Gasteiger partial charge in [0.25, 0.3) is 0 Å². The number of nitrogens with one attached hydrogen (secondary N) is 1. The number of carbonyl (C=O) groups excluding carboxylic acids is 1. The summed E-state index contributed by atoms with van der Waals surface area (Å²) in [5.74, 6) is -0.347. The second kappa shape index (κ2) is 7.54. The summed E-state index contributed by atoms with van der Waals surface area (Å²) in [6.45, 7) is 4.36. The molecule has 98 valence electrons. The van der Waals surface area contributed by atoms with E-state index in [1.165, 1.54) is 25.5 Å². The monoisotopic (exact) mass is 248 g/mol. The van der Waals surface area contributed by atoms with E-state index in [1.807, 2.05) is 6.07 Å². The molecule has 4 heteroatoms. The smallest absolute Gasteiger partial charge is 0.339 e. The van der Waals surface area contributed by atoms with Gasteiger partial charge in [0.1, 0.15) is 11.8 Å². The molecule has 0 saturated carbocycles. The van der Waals surface area contributed by atoms with E-state index >= 15 is 0 Å². The highest BCUT2D eigenvalue weighted by atomic mass is 16.5. The van der Waals surface area contributed by atoms with Crippen molar-refractivity contribution in [3.63, 3.8) is 0 Å². The number of rotatable bonds is 7. The highest BCUT2D eigenvalue weighted by molar-refractivity contribution is 5.91. The highest BCUT2D eigenvalue weighted by Crippen LogP contribution is 2.13. The maximum absolute atomic E-state index is 11.7. The van der Waals surface area contributed by atoms with Crippen molar-refractivity contribution in [2.45, 2.75) is 46.0 Å². The van der Waals surface area contributed by atoms with Crippen LogP contribution in [0.3, 0.4) is 0 Å². The van der Waals surface area contributed by atoms with Gasteiger partial charge in [-0.05, 0) is 18.9 Å². The first-order chi connectivity index (χ1) is 8.70. The minimum absolute atomic E-state index is 0.347. The second-order valence-electron chi connectivity index (χ2n) is 4.36. The molecular formula is C14H20N2O2. The maximum atomic E-state index is 11.7. The summed E-state index contributed by atoms with van der Waals surface area (Å²) < 4.78 is 5.18. The molecule has 0 atom stereocenters. The van der Waals surface area contributed by atoms with Gasteiger partial charge in [0.05, 0.1) is 12.2 Å². The Morgan fingerprint density at radius 3 is 2.72 bits per heavy atom. The Kier molecular flexibility index (Phi) is 5.99. The van der Waals surface area contributed by atoms with Gasteiger partial charge in [-0.3, -0.25) is 0 Å². The van der Waals surface area contributed by atoms with E-state index in [-0.39, 0.29) is 5.97 Å². The van der Waals surface area contributed by atoms with Crippen molar-refractivity contribution in [3.8, 4) is 6.07 Å². The van der Waals surface area contributed by atoms with Crippen molar-refractivity contribution in [2.75, 3.05) is 6.61 Å². The molecule has 0 fully saturated rings. The first-order valence-corrected chi connectivity index (χ1v) is 6.45. The Morgan fingerprint density at radius 2 is 2.11 bits per heavy atom. The lowest BCUT2D eigenvalue weighted by Gasteiger charge is -2.04. The standard InChI is InChI=1S/C14H20N2O2/c1-3-4-5-6-7-8-18-14(17)12-10-16-13(9-15)11(12)2/h10,16H,3-8H2,1-2H3. The number of unbranched alkanes of at least 4 members (excludes halogenated alkanes) is 4. The topological polar surface area (TPSA) is 65.9 Å². The maximum Gasteiger partial charge on any atom is 0.339 e. The van der Waals surface area contributed by atoms with E-state index in [1.54, 1.807) is 6.92 Å². The Bertz CT molecular complexity index is 429. The van der Waals surface area contributed by atoms with Gasteiger partial charge in [0.15, 0.2) is 0 Å². The van der Waals surface area contributed by atoms with Crippen LogP contribution < -0.4 is 0 Å². The van der Waals surface area contributed by atoms with Crippen LogP contribution in [-0.2, 0) is 4.74 Å². The quantitative estimate of drug-likeness (QED) is 0.594. The number of hydrogen-bond acceptors (Lipinski definition) is 3. The van der Waals surface area contributed by atoms with E-state index in [0.29, 0.717) is 23.4 Å². The first-order valence-electron chi connectivity index (χ1n) is 6.45. The molecule has 1 heterocycles. The predicted octanol–water partition coefficient (Wildman–Crippen LogP) is 3.32. The zero-order chi connectivity index (χ0) is 13.4. The summed E-state index contributed by atoms with van der Waals surface area (Å²) >= 11 is 0. The van der Waals surface area contributed by atoms with Gasteiger partial charge in [-0.2, -0.15) is 5.26 Å². The highest BCUT2D eigenvalue weighted by Gasteiger charge is 2.14. The van der Waals surface area contributed by atoms with Crippen molar-refractivity contribution in [1.29, 1.82) is 5.26 Å². The van der Waals surface area contributed by atoms with Gasteiger partial charge >= 0.3 is 5.97 Å². The number of H-pyrrole nitrogens is 1. The van der Waals surface area contributed by atoms with Crippen LogP contribution >= 0.6 is 0 Å². The minimum Gasteiger partial charge on any atom is -0.462 e. The van der Waals surface area contributed by atoms with E-state index < -0.39 is 0 Å². The zero-order valence-electron chi connectivity index (χ0n) is 11.1. The zero-order valence-corrected chi connectivity index (χ0v) is 11.1.